The summed E-state index contributed by atoms with van der Waals surface area (Å²) in [6.07, 6.45) is 7.51. The molecule has 2 heterocycles. The Morgan fingerprint density at radius 2 is 2.28 bits per heavy atom. The molecule has 90 valence electrons. The van der Waals surface area contributed by atoms with Gasteiger partial charge in [-0.05, 0) is 30.7 Å². The van der Waals surface area contributed by atoms with Crippen LogP contribution in [0.2, 0.25) is 0 Å². The summed E-state index contributed by atoms with van der Waals surface area (Å²) in [5.74, 6) is 1.62. The minimum Gasteiger partial charge on any atom is -0.497 e. The third kappa shape index (κ3) is 1.72. The van der Waals surface area contributed by atoms with Crippen molar-refractivity contribution in [1.29, 1.82) is 0 Å². The van der Waals surface area contributed by atoms with Gasteiger partial charge in [-0.15, -0.1) is 0 Å². The van der Waals surface area contributed by atoms with Crippen LogP contribution < -0.4 is 4.74 Å². The molecule has 1 aromatic rings. The smallest absolute Gasteiger partial charge is 0.230 e. The van der Waals surface area contributed by atoms with Crippen molar-refractivity contribution in [3.8, 4) is 5.88 Å². The summed E-state index contributed by atoms with van der Waals surface area (Å²) in [6.45, 7) is 0. The van der Waals surface area contributed by atoms with Gasteiger partial charge in [-0.25, -0.2) is 4.98 Å². The molecule has 1 aromatic heterocycles. The first-order valence-corrected chi connectivity index (χ1v) is 5.62. The fraction of sp³-hybridized carbons (Fsp3) is 0.143. The van der Waals surface area contributed by atoms with Crippen LogP contribution in [0.15, 0.2) is 53.6 Å². The summed E-state index contributed by atoms with van der Waals surface area (Å²) >= 11 is 0. The minimum atomic E-state index is -0.0780. The number of nitrogens with zero attached hydrogens (tertiary/aromatic N) is 1. The van der Waals surface area contributed by atoms with Crippen molar-refractivity contribution in [3.63, 3.8) is 0 Å². The molecule has 0 fully saturated rings. The second-order valence-corrected chi connectivity index (χ2v) is 4.02. The van der Waals surface area contributed by atoms with E-state index in [2.05, 4.69) is 4.98 Å². The van der Waals surface area contributed by atoms with Crippen LogP contribution in [0.3, 0.4) is 0 Å². The number of allylic oxidation sites excluding steroid dienone is 4. The van der Waals surface area contributed by atoms with Crippen LogP contribution in [0.5, 0.6) is 5.88 Å². The molecule has 0 saturated carbocycles. The molecule has 0 amide bonds. The Bertz CT molecular complexity index is 611. The normalized spacial score (nSPS) is 17.4. The highest BCUT2D eigenvalue weighted by molar-refractivity contribution is 6.07. The van der Waals surface area contributed by atoms with Crippen LogP contribution in [0.25, 0.3) is 0 Å². The zero-order valence-electron chi connectivity index (χ0n) is 9.84. The second-order valence-electron chi connectivity index (χ2n) is 4.02. The summed E-state index contributed by atoms with van der Waals surface area (Å²) in [6, 6.07) is 3.44. The minimum absolute atomic E-state index is 0.0780. The molecule has 0 radical (unpaired) electrons. The number of methoxy groups -OCH3 is 1. The lowest BCUT2D eigenvalue weighted by Crippen LogP contribution is -2.04. The molecule has 0 N–H and O–H groups in total. The van der Waals surface area contributed by atoms with Crippen molar-refractivity contribution in [2.24, 2.45) is 0 Å². The van der Waals surface area contributed by atoms with Crippen molar-refractivity contribution in [3.05, 3.63) is 59.2 Å². The zero-order chi connectivity index (χ0) is 12.5. The number of carbonyl (C=O) groups excluding carboxylic acids is 1. The van der Waals surface area contributed by atoms with Crippen LogP contribution in [-0.2, 0) is 4.74 Å². The number of pyridine rings is 1. The predicted molar refractivity (Wildman–Crippen MR) is 65.1 cm³/mol. The van der Waals surface area contributed by atoms with E-state index in [1.165, 1.54) is 0 Å². The first-order valence-electron chi connectivity index (χ1n) is 5.62. The van der Waals surface area contributed by atoms with Gasteiger partial charge in [-0.2, -0.15) is 0 Å². The van der Waals surface area contributed by atoms with E-state index in [-0.39, 0.29) is 5.78 Å². The van der Waals surface area contributed by atoms with E-state index in [1.807, 2.05) is 6.08 Å². The highest BCUT2D eigenvalue weighted by Gasteiger charge is 2.23. The maximum atomic E-state index is 12.0. The lowest BCUT2D eigenvalue weighted by Gasteiger charge is -2.15. The fourth-order valence-corrected chi connectivity index (χ4v) is 1.96. The van der Waals surface area contributed by atoms with Crippen molar-refractivity contribution in [2.75, 3.05) is 7.11 Å². The van der Waals surface area contributed by atoms with Crippen LogP contribution in [-0.4, -0.2) is 17.9 Å². The van der Waals surface area contributed by atoms with Crippen LogP contribution in [0.1, 0.15) is 16.8 Å². The van der Waals surface area contributed by atoms with Gasteiger partial charge in [-0.3, -0.25) is 4.79 Å². The van der Waals surface area contributed by atoms with E-state index >= 15 is 0 Å². The van der Waals surface area contributed by atoms with Crippen LogP contribution in [0.4, 0.5) is 0 Å². The van der Waals surface area contributed by atoms with E-state index in [0.717, 1.165) is 11.3 Å². The topological polar surface area (TPSA) is 48.4 Å². The molecule has 3 rings (SSSR count). The van der Waals surface area contributed by atoms with E-state index in [1.54, 1.807) is 37.6 Å². The molecule has 0 atom stereocenters. The number of hydrogen-bond donors (Lipinski definition) is 0. The molecule has 1 aliphatic carbocycles. The largest absolute Gasteiger partial charge is 0.497 e. The van der Waals surface area contributed by atoms with Gasteiger partial charge in [0.25, 0.3) is 0 Å². The molecule has 0 bridgehead atoms. The number of hydrogen-bond acceptors (Lipinski definition) is 4. The standard InChI is InChI=1S/C14H11NO3/c1-17-10-5-4-9-7-12(16)11-3-2-6-15-14(11)18-13(9)8-10/h2-3,5-8H,4H2,1H3. The lowest BCUT2D eigenvalue weighted by atomic mass is 10.0. The monoisotopic (exact) mass is 241 g/mol. The number of ketones is 1. The lowest BCUT2D eigenvalue weighted by molar-refractivity contribution is 0.104. The maximum absolute atomic E-state index is 12.0. The van der Waals surface area contributed by atoms with Gasteiger partial charge in [0.15, 0.2) is 5.78 Å². The van der Waals surface area contributed by atoms with Crippen molar-refractivity contribution in [1.82, 2.24) is 4.98 Å². The Labute approximate surface area is 104 Å². The molecule has 0 unspecified atom stereocenters. The average molecular weight is 241 g/mol. The zero-order valence-corrected chi connectivity index (χ0v) is 9.84. The molecular weight excluding hydrogens is 230 g/mol. The SMILES string of the molecule is COC1=CCC2=CC(=O)c3cccnc3OC2=C1. The predicted octanol–water partition coefficient (Wildman–Crippen LogP) is 2.40. The molecule has 0 aromatic carbocycles. The van der Waals surface area contributed by atoms with Gasteiger partial charge in [0, 0.05) is 17.8 Å². The molecule has 4 nitrogen and oxygen atoms in total. The number of fused-ring (bicyclic) bond motifs is 2. The van der Waals surface area contributed by atoms with Crippen molar-refractivity contribution in [2.45, 2.75) is 6.42 Å². The highest BCUT2D eigenvalue weighted by Crippen LogP contribution is 2.31. The number of aromatic nitrogens is 1. The van der Waals surface area contributed by atoms with Crippen molar-refractivity contribution >= 4 is 5.78 Å². The van der Waals surface area contributed by atoms with Crippen molar-refractivity contribution < 1.29 is 14.3 Å². The number of carbonyl (C=O) groups is 1. The van der Waals surface area contributed by atoms with Crippen LogP contribution >= 0.6 is 0 Å². The summed E-state index contributed by atoms with van der Waals surface area (Å²) in [7, 11) is 1.60. The number of ether oxygens (including phenoxy) is 2. The number of rotatable bonds is 1. The van der Waals surface area contributed by atoms with E-state index < -0.39 is 0 Å². The quantitative estimate of drug-likeness (QED) is 0.757. The second kappa shape index (κ2) is 4.14. The average Bonchev–Trinajstić information content (AvgIpc) is 2.54. The fourth-order valence-electron chi connectivity index (χ4n) is 1.96. The van der Waals surface area contributed by atoms with Gasteiger partial charge in [-0.1, -0.05) is 0 Å². The molecule has 4 heteroatoms. The van der Waals surface area contributed by atoms with E-state index in [9.17, 15) is 4.79 Å². The van der Waals surface area contributed by atoms with Gasteiger partial charge >= 0.3 is 0 Å². The Morgan fingerprint density at radius 1 is 1.39 bits per heavy atom. The Balaban J connectivity index is 2.09. The van der Waals surface area contributed by atoms with Crippen LogP contribution in [0, 0.1) is 0 Å². The molecule has 18 heavy (non-hydrogen) atoms. The molecule has 2 aliphatic rings. The first kappa shape index (κ1) is 10.8. The third-order valence-corrected chi connectivity index (χ3v) is 2.90. The molecule has 1 aliphatic heterocycles. The summed E-state index contributed by atoms with van der Waals surface area (Å²) in [4.78, 5) is 16.1. The molecule has 0 spiro atoms. The van der Waals surface area contributed by atoms with Gasteiger partial charge in [0.05, 0.1) is 12.7 Å². The third-order valence-electron chi connectivity index (χ3n) is 2.90. The van der Waals surface area contributed by atoms with Gasteiger partial charge in [0.2, 0.25) is 5.88 Å². The molecule has 0 saturated heterocycles. The summed E-state index contributed by atoms with van der Waals surface area (Å²) in [5.41, 5.74) is 1.33. The van der Waals surface area contributed by atoms with E-state index in [4.69, 9.17) is 9.47 Å². The van der Waals surface area contributed by atoms with E-state index in [0.29, 0.717) is 23.6 Å². The Kier molecular flexibility index (Phi) is 2.48. The van der Waals surface area contributed by atoms with Gasteiger partial charge in [0.1, 0.15) is 11.5 Å². The maximum Gasteiger partial charge on any atom is 0.230 e. The molecular formula is C14H11NO3. The Morgan fingerprint density at radius 3 is 3.11 bits per heavy atom. The Hall–Kier alpha value is -2.36. The first-order chi connectivity index (χ1) is 8.78. The summed E-state index contributed by atoms with van der Waals surface area (Å²) in [5, 5.41) is 0. The summed E-state index contributed by atoms with van der Waals surface area (Å²) < 4.78 is 10.9. The van der Waals surface area contributed by atoms with Gasteiger partial charge < -0.3 is 9.47 Å². The highest BCUT2D eigenvalue weighted by atomic mass is 16.5.